The summed E-state index contributed by atoms with van der Waals surface area (Å²) in [6.45, 7) is 7.07. The molecule has 0 saturated carbocycles. The maximum atomic E-state index is 12.5. The largest absolute Gasteiger partial charge is 0.373 e. The van der Waals surface area contributed by atoms with Crippen LogP contribution < -0.4 is 0 Å². The average molecular weight is 307 g/mol. The molecule has 4 aliphatic heterocycles. The van der Waals surface area contributed by atoms with E-state index in [1.165, 1.54) is 45.2 Å². The molecule has 1 atom stereocenters. The van der Waals surface area contributed by atoms with Crippen LogP contribution in [-0.4, -0.2) is 78.2 Å². The van der Waals surface area contributed by atoms with Crippen LogP contribution in [0.5, 0.6) is 0 Å². The summed E-state index contributed by atoms with van der Waals surface area (Å²) in [5.74, 6) is 0. The van der Waals surface area contributed by atoms with Crippen LogP contribution in [-0.2, 0) is 4.74 Å². The summed E-state index contributed by atoms with van der Waals surface area (Å²) < 4.78 is 6.27. The highest BCUT2D eigenvalue weighted by molar-refractivity contribution is 5.74. The van der Waals surface area contributed by atoms with E-state index in [1.54, 1.807) is 0 Å². The first-order chi connectivity index (χ1) is 10.8. The highest BCUT2D eigenvalue weighted by atomic mass is 16.5. The number of amides is 2. The fourth-order valence-corrected chi connectivity index (χ4v) is 4.72. The van der Waals surface area contributed by atoms with E-state index in [1.807, 2.05) is 4.90 Å². The molecule has 5 nitrogen and oxygen atoms in total. The van der Waals surface area contributed by atoms with E-state index < -0.39 is 0 Å². The summed E-state index contributed by atoms with van der Waals surface area (Å²) in [4.78, 5) is 19.2. The molecule has 0 aromatic rings. The van der Waals surface area contributed by atoms with E-state index in [9.17, 15) is 4.79 Å². The van der Waals surface area contributed by atoms with Crippen LogP contribution in [0.25, 0.3) is 0 Å². The molecule has 1 unspecified atom stereocenters. The SMILES string of the molecule is O=C(N1CCCC1)N1CCC2(CC1)CC(N1CCCC1)CO2. The first-order valence-corrected chi connectivity index (χ1v) is 9.18. The molecule has 4 saturated heterocycles. The smallest absolute Gasteiger partial charge is 0.320 e. The normalized spacial score (nSPS) is 32.3. The van der Waals surface area contributed by atoms with Gasteiger partial charge in [-0.2, -0.15) is 0 Å². The highest BCUT2D eigenvalue weighted by Gasteiger charge is 2.45. The molecule has 0 N–H and O–H groups in total. The summed E-state index contributed by atoms with van der Waals surface area (Å²) in [5, 5.41) is 0. The van der Waals surface area contributed by atoms with Crippen molar-refractivity contribution in [3.05, 3.63) is 0 Å². The van der Waals surface area contributed by atoms with Crippen molar-refractivity contribution in [1.82, 2.24) is 14.7 Å². The molecule has 1 spiro atoms. The second kappa shape index (κ2) is 6.00. The van der Waals surface area contributed by atoms with E-state index in [0.717, 1.165) is 45.6 Å². The van der Waals surface area contributed by atoms with E-state index >= 15 is 0 Å². The van der Waals surface area contributed by atoms with Gasteiger partial charge in [0.2, 0.25) is 0 Å². The van der Waals surface area contributed by atoms with Crippen molar-refractivity contribution in [3.63, 3.8) is 0 Å². The Morgan fingerprint density at radius 2 is 1.45 bits per heavy atom. The van der Waals surface area contributed by atoms with Crippen LogP contribution in [0, 0.1) is 0 Å². The first kappa shape index (κ1) is 14.8. The van der Waals surface area contributed by atoms with Crippen molar-refractivity contribution < 1.29 is 9.53 Å². The predicted octanol–water partition coefficient (Wildman–Crippen LogP) is 1.92. The highest BCUT2D eigenvalue weighted by Crippen LogP contribution is 2.38. The lowest BCUT2D eigenvalue weighted by molar-refractivity contribution is -0.0385. The standard InChI is InChI=1S/C17H29N3O2/c21-16(19-9-3-4-10-19)20-11-5-17(6-12-20)13-15(14-22-17)18-7-1-2-8-18/h15H,1-14H2. The zero-order valence-electron chi connectivity index (χ0n) is 13.6. The van der Waals surface area contributed by atoms with Crippen molar-refractivity contribution in [2.75, 3.05) is 45.9 Å². The van der Waals surface area contributed by atoms with Gasteiger partial charge in [-0.1, -0.05) is 0 Å². The van der Waals surface area contributed by atoms with Crippen LogP contribution in [0.1, 0.15) is 44.9 Å². The van der Waals surface area contributed by atoms with Gasteiger partial charge in [0.1, 0.15) is 0 Å². The number of ether oxygens (including phenoxy) is 1. The summed E-state index contributed by atoms with van der Waals surface area (Å²) >= 11 is 0. The van der Waals surface area contributed by atoms with Crippen LogP contribution in [0.2, 0.25) is 0 Å². The molecule has 4 aliphatic rings. The Hall–Kier alpha value is -0.810. The van der Waals surface area contributed by atoms with Crippen LogP contribution in [0.15, 0.2) is 0 Å². The van der Waals surface area contributed by atoms with Gasteiger partial charge in [0.25, 0.3) is 0 Å². The van der Waals surface area contributed by atoms with Gasteiger partial charge in [-0.05, 0) is 58.0 Å². The number of urea groups is 1. The number of nitrogens with zero attached hydrogens (tertiary/aromatic N) is 3. The van der Waals surface area contributed by atoms with Crippen molar-refractivity contribution in [2.24, 2.45) is 0 Å². The third-order valence-corrected chi connectivity index (χ3v) is 6.17. The molecular formula is C17H29N3O2. The summed E-state index contributed by atoms with van der Waals surface area (Å²) in [5.41, 5.74) is 0.0645. The van der Waals surface area contributed by atoms with E-state index in [-0.39, 0.29) is 11.6 Å². The molecule has 4 heterocycles. The van der Waals surface area contributed by atoms with Gasteiger partial charge in [0, 0.05) is 32.2 Å². The zero-order chi connectivity index (χ0) is 15.0. The Bertz CT molecular complexity index is 408. The third kappa shape index (κ3) is 2.73. The second-order valence-electron chi connectivity index (χ2n) is 7.56. The molecule has 2 amide bonds. The quantitative estimate of drug-likeness (QED) is 0.742. The third-order valence-electron chi connectivity index (χ3n) is 6.17. The number of hydrogen-bond acceptors (Lipinski definition) is 3. The number of carbonyl (C=O) groups excluding carboxylic acids is 1. The van der Waals surface area contributed by atoms with Crippen LogP contribution in [0.4, 0.5) is 4.79 Å². The molecule has 0 aromatic heterocycles. The minimum atomic E-state index is 0.0645. The average Bonchev–Trinajstić information content (AvgIpc) is 3.29. The molecule has 22 heavy (non-hydrogen) atoms. The number of carbonyl (C=O) groups is 1. The number of hydrogen-bond donors (Lipinski definition) is 0. The van der Waals surface area contributed by atoms with Crippen molar-refractivity contribution in [2.45, 2.75) is 56.6 Å². The van der Waals surface area contributed by atoms with Crippen molar-refractivity contribution in [3.8, 4) is 0 Å². The fraction of sp³-hybridized carbons (Fsp3) is 0.941. The monoisotopic (exact) mass is 307 g/mol. The number of piperidine rings is 1. The Kier molecular flexibility index (Phi) is 4.03. The topological polar surface area (TPSA) is 36.0 Å². The lowest BCUT2D eigenvalue weighted by Gasteiger charge is -2.40. The zero-order valence-corrected chi connectivity index (χ0v) is 13.6. The number of likely N-dealkylation sites (tertiary alicyclic amines) is 3. The maximum Gasteiger partial charge on any atom is 0.320 e. The molecular weight excluding hydrogens is 278 g/mol. The second-order valence-corrected chi connectivity index (χ2v) is 7.56. The molecule has 0 bridgehead atoms. The Balaban J connectivity index is 1.31. The van der Waals surface area contributed by atoms with Crippen molar-refractivity contribution in [1.29, 1.82) is 0 Å². The molecule has 0 radical (unpaired) electrons. The minimum Gasteiger partial charge on any atom is -0.373 e. The molecule has 0 aromatic carbocycles. The summed E-state index contributed by atoms with van der Waals surface area (Å²) in [6.07, 6.45) is 8.27. The molecule has 0 aliphatic carbocycles. The van der Waals surface area contributed by atoms with Gasteiger partial charge in [0.15, 0.2) is 0 Å². The van der Waals surface area contributed by atoms with Gasteiger partial charge >= 0.3 is 6.03 Å². The van der Waals surface area contributed by atoms with Gasteiger partial charge in [0.05, 0.1) is 12.2 Å². The van der Waals surface area contributed by atoms with Gasteiger partial charge < -0.3 is 14.5 Å². The maximum absolute atomic E-state index is 12.5. The van der Waals surface area contributed by atoms with Crippen LogP contribution >= 0.6 is 0 Å². The van der Waals surface area contributed by atoms with Gasteiger partial charge in [-0.25, -0.2) is 4.79 Å². The predicted molar refractivity (Wildman–Crippen MR) is 84.9 cm³/mol. The molecule has 4 rings (SSSR count). The van der Waals surface area contributed by atoms with Crippen LogP contribution in [0.3, 0.4) is 0 Å². The fourth-order valence-electron chi connectivity index (χ4n) is 4.72. The Morgan fingerprint density at radius 3 is 2.14 bits per heavy atom. The van der Waals surface area contributed by atoms with E-state index in [4.69, 9.17) is 4.74 Å². The lowest BCUT2D eigenvalue weighted by atomic mass is 9.87. The Morgan fingerprint density at radius 1 is 0.864 bits per heavy atom. The van der Waals surface area contributed by atoms with E-state index in [0.29, 0.717) is 6.04 Å². The minimum absolute atomic E-state index is 0.0645. The van der Waals surface area contributed by atoms with Gasteiger partial charge in [-0.15, -0.1) is 0 Å². The molecule has 5 heteroatoms. The lowest BCUT2D eigenvalue weighted by Crippen LogP contribution is -2.50. The molecule has 124 valence electrons. The van der Waals surface area contributed by atoms with E-state index in [2.05, 4.69) is 9.80 Å². The Labute approximate surface area is 133 Å². The summed E-state index contributed by atoms with van der Waals surface area (Å²) in [6, 6.07) is 0.893. The first-order valence-electron chi connectivity index (χ1n) is 9.18. The van der Waals surface area contributed by atoms with Crippen molar-refractivity contribution >= 4 is 6.03 Å². The van der Waals surface area contributed by atoms with Gasteiger partial charge in [-0.3, -0.25) is 4.90 Å². The molecule has 4 fully saturated rings. The number of rotatable bonds is 1. The summed E-state index contributed by atoms with van der Waals surface area (Å²) in [7, 11) is 0.